The predicted molar refractivity (Wildman–Crippen MR) is 143 cm³/mol. The minimum atomic E-state index is -0.932. The summed E-state index contributed by atoms with van der Waals surface area (Å²) in [6.07, 6.45) is 0.228. The van der Waals surface area contributed by atoms with Crippen molar-refractivity contribution in [3.05, 3.63) is 23.8 Å². The number of carbonyl (C=O) groups excluding carboxylic acids is 3. The van der Waals surface area contributed by atoms with Crippen molar-refractivity contribution in [3.63, 3.8) is 0 Å². The summed E-state index contributed by atoms with van der Waals surface area (Å²) in [7, 11) is 0. The van der Waals surface area contributed by atoms with Gasteiger partial charge >= 0.3 is 11.9 Å². The molecule has 0 bridgehead atoms. The van der Waals surface area contributed by atoms with Gasteiger partial charge in [-0.05, 0) is 30.0 Å². The van der Waals surface area contributed by atoms with Crippen LogP contribution in [0.2, 0.25) is 0 Å². The first kappa shape index (κ1) is 33.9. The van der Waals surface area contributed by atoms with Crippen molar-refractivity contribution in [2.75, 3.05) is 18.5 Å². The van der Waals surface area contributed by atoms with Crippen LogP contribution in [-0.2, 0) is 30.5 Å². The minimum absolute atomic E-state index is 0.0340. The van der Waals surface area contributed by atoms with Crippen molar-refractivity contribution in [1.29, 1.82) is 0 Å². The number of hydrogen-bond donors (Lipinski definition) is 4. The fourth-order valence-electron chi connectivity index (χ4n) is 3.01. The lowest BCUT2D eigenvalue weighted by molar-refractivity contribution is -0.148. The van der Waals surface area contributed by atoms with Crippen molar-refractivity contribution in [3.8, 4) is 5.75 Å². The Morgan fingerprint density at radius 2 is 1.65 bits per heavy atom. The van der Waals surface area contributed by atoms with Gasteiger partial charge in [-0.1, -0.05) is 61.5 Å². The highest BCUT2D eigenvalue weighted by Crippen LogP contribution is 2.27. The molecule has 1 aromatic rings. The van der Waals surface area contributed by atoms with Crippen LogP contribution in [0.4, 0.5) is 5.69 Å². The average Bonchev–Trinajstić information content (AvgIpc) is 2.84. The molecule has 1 rings (SSSR count). The molecule has 0 aliphatic rings. The van der Waals surface area contributed by atoms with E-state index in [4.69, 9.17) is 14.6 Å². The van der Waals surface area contributed by atoms with Crippen LogP contribution in [0.3, 0.4) is 0 Å². The van der Waals surface area contributed by atoms with Gasteiger partial charge in [-0.3, -0.25) is 19.2 Å². The normalized spacial score (nSPS) is 11.4. The first-order valence-electron chi connectivity index (χ1n) is 12.9. The number of hydrogen-bond acceptors (Lipinski definition) is 7. The van der Waals surface area contributed by atoms with E-state index in [1.54, 1.807) is 32.0 Å². The molecule has 0 aliphatic carbocycles. The molecule has 10 nitrogen and oxygen atoms in total. The molecule has 210 valence electrons. The van der Waals surface area contributed by atoms with Gasteiger partial charge in [-0.2, -0.15) is 0 Å². The van der Waals surface area contributed by atoms with Gasteiger partial charge in [-0.25, -0.2) is 0 Å². The lowest BCUT2D eigenvalue weighted by atomic mass is 10.0. The van der Waals surface area contributed by atoms with Crippen molar-refractivity contribution in [1.82, 2.24) is 10.6 Å². The maximum absolute atomic E-state index is 12.5. The summed E-state index contributed by atoms with van der Waals surface area (Å²) >= 11 is 0. The fourth-order valence-corrected chi connectivity index (χ4v) is 3.01. The molecule has 2 amide bonds. The van der Waals surface area contributed by atoms with E-state index in [-0.39, 0.29) is 62.4 Å². The summed E-state index contributed by atoms with van der Waals surface area (Å²) < 4.78 is 11.0. The molecule has 0 saturated heterocycles. The maximum atomic E-state index is 12.5. The SMILES string of the molecule is CC.CC(C)NC(C(=O)NCC(=O)Nc1ccc(COC(=O)C(C)C)cc1OCCCC(=O)O)C(C)C. The second kappa shape index (κ2) is 18.2. The third-order valence-corrected chi connectivity index (χ3v) is 4.85. The minimum Gasteiger partial charge on any atom is -0.491 e. The largest absolute Gasteiger partial charge is 0.491 e. The zero-order valence-electron chi connectivity index (χ0n) is 23.5. The molecule has 10 heteroatoms. The molecule has 0 heterocycles. The number of carboxylic acid groups (broad SMARTS) is 1. The van der Waals surface area contributed by atoms with Gasteiger partial charge in [0.2, 0.25) is 11.8 Å². The average molecular weight is 524 g/mol. The molecular formula is C27H45N3O7. The number of carboxylic acids is 1. The first-order chi connectivity index (χ1) is 17.4. The fraction of sp³-hybridized carbons (Fsp3) is 0.630. The van der Waals surface area contributed by atoms with Crippen LogP contribution in [-0.4, -0.2) is 54.1 Å². The van der Waals surface area contributed by atoms with Crippen LogP contribution in [0.25, 0.3) is 0 Å². The summed E-state index contributed by atoms with van der Waals surface area (Å²) in [6.45, 7) is 15.1. The number of nitrogens with one attached hydrogen (secondary N) is 3. The Morgan fingerprint density at radius 1 is 1.00 bits per heavy atom. The monoisotopic (exact) mass is 523 g/mol. The summed E-state index contributed by atoms with van der Waals surface area (Å²) in [6, 6.07) is 4.61. The Kier molecular flexibility index (Phi) is 16.6. The number of ether oxygens (including phenoxy) is 2. The molecule has 1 unspecified atom stereocenters. The molecule has 0 saturated carbocycles. The molecule has 0 fully saturated rings. The Morgan fingerprint density at radius 3 is 2.19 bits per heavy atom. The predicted octanol–water partition coefficient (Wildman–Crippen LogP) is 3.73. The Labute approximate surface area is 220 Å². The van der Waals surface area contributed by atoms with E-state index in [9.17, 15) is 19.2 Å². The quantitative estimate of drug-likeness (QED) is 0.201. The molecule has 0 spiro atoms. The molecule has 0 radical (unpaired) electrons. The maximum Gasteiger partial charge on any atom is 0.308 e. The number of esters is 1. The Bertz CT molecular complexity index is 870. The van der Waals surface area contributed by atoms with E-state index in [0.29, 0.717) is 17.0 Å². The number of benzene rings is 1. The van der Waals surface area contributed by atoms with Crippen molar-refractivity contribution in [2.24, 2.45) is 11.8 Å². The van der Waals surface area contributed by atoms with Gasteiger partial charge < -0.3 is 30.5 Å². The zero-order chi connectivity index (χ0) is 28.5. The van der Waals surface area contributed by atoms with Crippen LogP contribution in [0, 0.1) is 11.8 Å². The van der Waals surface area contributed by atoms with Crippen LogP contribution in [0.15, 0.2) is 18.2 Å². The number of rotatable bonds is 15. The van der Waals surface area contributed by atoms with Crippen LogP contribution in [0.1, 0.15) is 73.8 Å². The lowest BCUT2D eigenvalue weighted by Gasteiger charge is -2.23. The van der Waals surface area contributed by atoms with E-state index < -0.39 is 17.9 Å². The first-order valence-corrected chi connectivity index (χ1v) is 12.9. The summed E-state index contributed by atoms with van der Waals surface area (Å²) in [5.74, 6) is -1.89. The van der Waals surface area contributed by atoms with Crippen molar-refractivity contribution in [2.45, 2.75) is 86.9 Å². The van der Waals surface area contributed by atoms with E-state index >= 15 is 0 Å². The van der Waals surface area contributed by atoms with Crippen molar-refractivity contribution < 1.29 is 33.8 Å². The molecule has 4 N–H and O–H groups in total. The van der Waals surface area contributed by atoms with Gasteiger partial charge in [0, 0.05) is 12.5 Å². The van der Waals surface area contributed by atoms with Crippen LogP contribution < -0.4 is 20.7 Å². The number of anilines is 1. The number of carbonyl (C=O) groups is 4. The zero-order valence-corrected chi connectivity index (χ0v) is 23.5. The van der Waals surface area contributed by atoms with Crippen LogP contribution >= 0.6 is 0 Å². The highest BCUT2D eigenvalue weighted by Gasteiger charge is 2.23. The summed E-state index contributed by atoms with van der Waals surface area (Å²) in [4.78, 5) is 47.6. The number of amides is 2. The van der Waals surface area contributed by atoms with E-state index in [1.165, 1.54) is 0 Å². The van der Waals surface area contributed by atoms with Gasteiger partial charge in [0.15, 0.2) is 0 Å². The second-order valence-electron chi connectivity index (χ2n) is 9.25. The summed E-state index contributed by atoms with van der Waals surface area (Å²) in [5, 5.41) is 17.4. The molecular weight excluding hydrogens is 478 g/mol. The second-order valence-corrected chi connectivity index (χ2v) is 9.25. The molecule has 1 atom stereocenters. The summed E-state index contributed by atoms with van der Waals surface area (Å²) in [5.41, 5.74) is 1.01. The topological polar surface area (TPSA) is 143 Å². The molecule has 0 aromatic heterocycles. The van der Waals surface area contributed by atoms with Gasteiger partial charge in [-0.15, -0.1) is 0 Å². The van der Waals surface area contributed by atoms with E-state index in [0.717, 1.165) is 0 Å². The highest BCUT2D eigenvalue weighted by atomic mass is 16.5. The third-order valence-electron chi connectivity index (χ3n) is 4.85. The van der Waals surface area contributed by atoms with Crippen molar-refractivity contribution >= 4 is 29.4 Å². The molecule has 37 heavy (non-hydrogen) atoms. The highest BCUT2D eigenvalue weighted by molar-refractivity contribution is 5.96. The molecule has 0 aliphatic heterocycles. The standard InChI is InChI=1S/C25H39N3O7.C2H6/c1-15(2)23(27-17(5)6)24(32)26-13-21(29)28-19-10-9-18(14-35-25(33)16(3)4)12-20(19)34-11-7-8-22(30)31;1-2/h9-10,12,15-17,23,27H,7-8,11,13-14H2,1-6H3,(H,26,32)(H,28,29)(H,30,31);1-2H3. The third kappa shape index (κ3) is 14.3. The van der Waals surface area contributed by atoms with Gasteiger partial charge in [0.1, 0.15) is 12.4 Å². The molecule has 1 aromatic carbocycles. The smallest absolute Gasteiger partial charge is 0.308 e. The van der Waals surface area contributed by atoms with Gasteiger partial charge in [0.25, 0.3) is 0 Å². The van der Waals surface area contributed by atoms with Crippen LogP contribution in [0.5, 0.6) is 5.75 Å². The lowest BCUT2D eigenvalue weighted by Crippen LogP contribution is -2.51. The van der Waals surface area contributed by atoms with E-state index in [2.05, 4.69) is 16.0 Å². The van der Waals surface area contributed by atoms with Gasteiger partial charge in [0.05, 0.1) is 30.8 Å². The Hall–Kier alpha value is -3.14. The van der Waals surface area contributed by atoms with E-state index in [1.807, 2.05) is 41.5 Å². The Balaban J connectivity index is 0.00000631. The number of aliphatic carboxylic acids is 1.